The molecule has 0 spiro atoms. The maximum atomic E-state index is 16.5. The van der Waals surface area contributed by atoms with Crippen LogP contribution in [0.5, 0.6) is 0 Å². The third-order valence-electron chi connectivity index (χ3n) is 14.2. The molecule has 7 heteroatoms. The fraction of sp³-hybridized carbons (Fsp3) is 0.262. The minimum Gasteiger partial charge on any atom is -0.359 e. The topological polar surface area (TPSA) is 51.9 Å². The van der Waals surface area contributed by atoms with Gasteiger partial charge in [0.1, 0.15) is 11.4 Å². The first-order chi connectivity index (χ1) is 33.1. The molecule has 0 aliphatic carbocycles. The molecule has 2 aromatic heterocycles. The van der Waals surface area contributed by atoms with Crippen LogP contribution < -0.4 is 0 Å². The summed E-state index contributed by atoms with van der Waals surface area (Å²) in [7, 11) is 0. The number of ether oxygens (including phenoxy) is 2. The largest absolute Gasteiger partial charge is 0.359 e. The fourth-order valence-electron chi connectivity index (χ4n) is 10.8. The third-order valence-corrected chi connectivity index (χ3v) is 14.2. The Kier molecular flexibility index (Phi) is 13.0. The van der Waals surface area contributed by atoms with Crippen molar-refractivity contribution in [1.29, 1.82) is 0 Å². The van der Waals surface area contributed by atoms with Crippen molar-refractivity contribution in [3.8, 4) is 33.6 Å². The van der Waals surface area contributed by atoms with E-state index in [4.69, 9.17) is 9.47 Å². The van der Waals surface area contributed by atoms with Gasteiger partial charge in [0, 0.05) is 48.2 Å². The van der Waals surface area contributed by atoms with Crippen molar-refractivity contribution >= 4 is 5.78 Å². The van der Waals surface area contributed by atoms with E-state index in [1.54, 1.807) is 0 Å². The highest BCUT2D eigenvalue weighted by molar-refractivity contribution is 5.90. The van der Waals surface area contributed by atoms with E-state index in [1.807, 2.05) is 12.1 Å². The van der Waals surface area contributed by atoms with E-state index >= 15 is 4.79 Å². The summed E-state index contributed by atoms with van der Waals surface area (Å²) in [5.41, 5.74) is 10.1. The number of benzene rings is 6. The highest BCUT2D eigenvalue weighted by Crippen LogP contribution is 2.38. The molecule has 2 saturated heterocycles. The summed E-state index contributed by atoms with van der Waals surface area (Å²) >= 11 is 0. The number of aromatic nitrogens is 2. The number of hydrogen-bond donors (Lipinski definition) is 0. The lowest BCUT2D eigenvalue weighted by atomic mass is 9.88. The minimum absolute atomic E-state index is 0.0162. The van der Waals surface area contributed by atoms with Crippen LogP contribution in [-0.4, -0.2) is 73.5 Å². The van der Waals surface area contributed by atoms with E-state index in [1.165, 1.54) is 33.4 Å². The molecule has 7 nitrogen and oxygen atoms in total. The van der Waals surface area contributed by atoms with Crippen LogP contribution in [0.2, 0.25) is 0 Å². The Balaban J connectivity index is 1.02. The van der Waals surface area contributed by atoms with E-state index in [9.17, 15) is 0 Å². The number of hydrogen-bond acceptors (Lipinski definition) is 5. The molecule has 10 rings (SSSR count). The minimum atomic E-state index is -0.699. The van der Waals surface area contributed by atoms with Gasteiger partial charge in [-0.25, -0.2) is 0 Å². The highest BCUT2D eigenvalue weighted by atomic mass is 16.5. The second-order valence-electron chi connectivity index (χ2n) is 19.5. The molecule has 2 aliphatic rings. The lowest BCUT2D eigenvalue weighted by Gasteiger charge is -2.44. The van der Waals surface area contributed by atoms with E-state index < -0.39 is 23.5 Å². The van der Waals surface area contributed by atoms with Gasteiger partial charge < -0.3 is 18.6 Å². The van der Waals surface area contributed by atoms with Crippen LogP contribution in [0.1, 0.15) is 49.9 Å². The lowest BCUT2D eigenvalue weighted by Crippen LogP contribution is -2.62. The molecule has 68 heavy (non-hydrogen) atoms. The van der Waals surface area contributed by atoms with Gasteiger partial charge >= 0.3 is 0 Å². The van der Waals surface area contributed by atoms with Crippen LogP contribution in [0.25, 0.3) is 33.6 Å². The summed E-state index contributed by atoms with van der Waals surface area (Å²) in [5, 5.41) is 0. The molecule has 6 aromatic carbocycles. The van der Waals surface area contributed by atoms with Crippen molar-refractivity contribution < 1.29 is 14.3 Å². The number of carbonyl (C=O) groups excluding carboxylic acids is 1. The summed E-state index contributed by atoms with van der Waals surface area (Å²) in [5.74, 6) is 0.179. The smallest absolute Gasteiger partial charge is 0.167 e. The maximum absolute atomic E-state index is 16.5. The van der Waals surface area contributed by atoms with E-state index in [-0.39, 0.29) is 17.9 Å². The molecular formula is C61H62N4O3. The monoisotopic (exact) mass is 898 g/mol. The van der Waals surface area contributed by atoms with Crippen molar-refractivity contribution in [3.63, 3.8) is 0 Å². The maximum Gasteiger partial charge on any atom is 0.167 e. The number of nitrogens with zero attached hydrogens (tertiary/aromatic N) is 4. The molecule has 4 heterocycles. The molecule has 0 amide bonds. The molecule has 2 fully saturated rings. The van der Waals surface area contributed by atoms with E-state index in [0.717, 1.165) is 35.3 Å². The van der Waals surface area contributed by atoms with Gasteiger partial charge in [0.2, 0.25) is 0 Å². The summed E-state index contributed by atoms with van der Waals surface area (Å²) in [6.45, 7) is 9.61. The molecule has 2 aliphatic heterocycles. The van der Waals surface area contributed by atoms with Crippen LogP contribution >= 0.6 is 0 Å². The molecule has 0 saturated carbocycles. The average molecular weight is 899 g/mol. The Labute approximate surface area is 402 Å². The Morgan fingerprint density at radius 2 is 0.794 bits per heavy atom. The second-order valence-corrected chi connectivity index (χ2v) is 19.5. The average Bonchev–Trinajstić information content (AvgIpc) is 4.17. The van der Waals surface area contributed by atoms with Gasteiger partial charge in [0.25, 0.3) is 0 Å². The van der Waals surface area contributed by atoms with Crippen LogP contribution in [0.4, 0.5) is 0 Å². The van der Waals surface area contributed by atoms with Crippen molar-refractivity contribution in [2.75, 3.05) is 13.2 Å². The summed E-state index contributed by atoms with van der Waals surface area (Å²) in [6.07, 6.45) is 11.2. The predicted molar refractivity (Wildman–Crippen MR) is 274 cm³/mol. The summed E-state index contributed by atoms with van der Waals surface area (Å²) in [4.78, 5) is 21.3. The zero-order chi connectivity index (χ0) is 46.7. The second kappa shape index (κ2) is 19.5. The van der Waals surface area contributed by atoms with Crippen molar-refractivity contribution in [2.24, 2.45) is 0 Å². The molecule has 0 radical (unpaired) electrons. The predicted octanol–water partition coefficient (Wildman–Crippen LogP) is 12.1. The first-order valence-corrected chi connectivity index (χ1v) is 24.2. The van der Waals surface area contributed by atoms with Crippen molar-refractivity contribution in [1.82, 2.24) is 18.9 Å². The number of rotatable bonds is 16. The van der Waals surface area contributed by atoms with Crippen LogP contribution in [0, 0.1) is 0 Å². The molecule has 4 atom stereocenters. The van der Waals surface area contributed by atoms with Gasteiger partial charge in [-0.05, 0) is 134 Å². The Bertz CT molecular complexity index is 2690. The quantitative estimate of drug-likeness (QED) is 0.0967. The Morgan fingerprint density at radius 3 is 1.16 bits per heavy atom. The molecule has 0 N–H and O–H groups in total. The van der Waals surface area contributed by atoms with Crippen LogP contribution in [0.3, 0.4) is 0 Å². The molecule has 8 aromatic rings. The Morgan fingerprint density at radius 1 is 0.456 bits per heavy atom. The lowest BCUT2D eigenvalue weighted by molar-refractivity contribution is -0.146. The number of ketones is 1. The first-order valence-electron chi connectivity index (χ1n) is 24.2. The molecule has 0 bridgehead atoms. The molecular weight excluding hydrogens is 837 g/mol. The highest BCUT2D eigenvalue weighted by Gasteiger charge is 2.52. The van der Waals surface area contributed by atoms with Gasteiger partial charge in [-0.3, -0.25) is 14.6 Å². The third kappa shape index (κ3) is 9.85. The van der Waals surface area contributed by atoms with Gasteiger partial charge in [-0.15, -0.1) is 0 Å². The Hall–Kier alpha value is -6.61. The molecule has 344 valence electrons. The number of Topliss-reactive ketones (excluding diaryl/α,β-unsaturated/α-hetero) is 1. The van der Waals surface area contributed by atoms with Crippen molar-refractivity contribution in [3.05, 3.63) is 229 Å². The number of carbonyl (C=O) groups is 1. The van der Waals surface area contributed by atoms with Crippen LogP contribution in [-0.2, 0) is 40.0 Å². The zero-order valence-electron chi connectivity index (χ0n) is 39.7. The SMILES string of the molecule is CC1(C)OC[C@H](Cc2ccccc2)N1C(Cc1ccn(-c2ccc(-c3ccccc3)cc2)c1)C(=O)C(Cc1ccn(-c2ccc(-c3ccccc3)cc2)c1)N1[C@@H](Cc2ccccc2)COC1(C)C. The fourth-order valence-corrected chi connectivity index (χ4v) is 10.8. The molecule has 2 unspecified atom stereocenters. The van der Waals surface area contributed by atoms with E-state index in [2.05, 4.69) is 241 Å². The first kappa shape index (κ1) is 45.2. The standard InChI is InChI=1S/C61H62N4O3/c1-60(2)64(55(43-67-60)37-45-17-9-5-10-18-45)57(39-47-33-35-62(41-47)53-29-25-51(26-30-53)49-21-13-7-14-22-49)59(66)58(65-56(44-68-61(65,3)4)38-46-19-11-6-12-20-46)40-48-34-36-63(42-48)54-31-27-52(28-32-54)50-23-15-8-16-24-50/h5-36,41-42,55-58H,37-40,43-44H2,1-4H3/t55-,56-,57?,58?/m0/s1. The van der Waals surface area contributed by atoms with Gasteiger partial charge in [-0.1, -0.05) is 146 Å². The van der Waals surface area contributed by atoms with Crippen LogP contribution in [0.15, 0.2) is 207 Å². The van der Waals surface area contributed by atoms with E-state index in [0.29, 0.717) is 26.1 Å². The normalized spacial score (nSPS) is 18.9. The van der Waals surface area contributed by atoms with Gasteiger partial charge in [0.05, 0.1) is 25.3 Å². The van der Waals surface area contributed by atoms with Gasteiger partial charge in [-0.2, -0.15) is 0 Å². The summed E-state index contributed by atoms with van der Waals surface area (Å²) in [6, 6.07) is 62.9. The van der Waals surface area contributed by atoms with Crippen molar-refractivity contribution in [2.45, 2.75) is 89.0 Å². The summed E-state index contributed by atoms with van der Waals surface area (Å²) < 4.78 is 17.8. The van der Waals surface area contributed by atoms with Gasteiger partial charge in [0.15, 0.2) is 5.78 Å². The zero-order valence-corrected chi connectivity index (χ0v) is 39.7.